The van der Waals surface area contributed by atoms with E-state index in [9.17, 15) is 9.90 Å². The molecule has 0 bridgehead atoms. The molecule has 1 aliphatic rings. The van der Waals surface area contributed by atoms with E-state index in [1.54, 1.807) is 12.1 Å². The summed E-state index contributed by atoms with van der Waals surface area (Å²) in [6, 6.07) is 10.7. The second kappa shape index (κ2) is 5.03. The van der Waals surface area contributed by atoms with Crippen LogP contribution in [-0.4, -0.2) is 16.7 Å². The number of hydrogen-bond donors (Lipinski definition) is 2. The van der Waals surface area contributed by atoms with E-state index in [-0.39, 0.29) is 11.7 Å². The van der Waals surface area contributed by atoms with Gasteiger partial charge in [-0.2, -0.15) is 0 Å². The van der Waals surface area contributed by atoms with E-state index in [4.69, 9.17) is 0 Å². The monoisotopic (exact) mass is 394 g/mol. The van der Waals surface area contributed by atoms with Crippen LogP contribution in [-0.2, 0) is 4.79 Å². The molecule has 0 aromatic heterocycles. The van der Waals surface area contributed by atoms with Gasteiger partial charge in [0.1, 0.15) is 11.5 Å². The third-order valence-electron chi connectivity index (χ3n) is 2.89. The van der Waals surface area contributed by atoms with Crippen molar-refractivity contribution in [2.24, 2.45) is 4.99 Å². The van der Waals surface area contributed by atoms with Crippen molar-refractivity contribution in [3.05, 3.63) is 50.9 Å². The molecule has 1 heterocycles. The summed E-state index contributed by atoms with van der Waals surface area (Å²) in [6.07, 6.45) is 0. The average molecular weight is 396 g/mol. The first-order valence-corrected chi connectivity index (χ1v) is 7.32. The zero-order valence-corrected chi connectivity index (χ0v) is 13.2. The highest BCUT2D eigenvalue weighted by Crippen LogP contribution is 2.37. The molecule has 0 spiro atoms. The van der Waals surface area contributed by atoms with Crippen LogP contribution in [0.25, 0.3) is 0 Å². The molecule has 3 rings (SSSR count). The van der Waals surface area contributed by atoms with Gasteiger partial charge in [-0.05, 0) is 50.1 Å². The molecule has 0 aliphatic carbocycles. The lowest BCUT2D eigenvalue weighted by molar-refractivity contribution is -0.110. The fourth-order valence-corrected chi connectivity index (χ4v) is 3.12. The lowest BCUT2D eigenvalue weighted by Crippen LogP contribution is -2.13. The van der Waals surface area contributed by atoms with E-state index in [2.05, 4.69) is 42.2 Å². The number of nitrogens with zero attached hydrogens (tertiary/aromatic N) is 1. The number of hydrogen-bond acceptors (Lipinski definition) is 3. The number of benzene rings is 2. The Morgan fingerprint density at radius 2 is 1.75 bits per heavy atom. The summed E-state index contributed by atoms with van der Waals surface area (Å²) in [5, 5.41) is 12.4. The van der Waals surface area contributed by atoms with Crippen LogP contribution in [0.5, 0.6) is 5.75 Å². The third-order valence-corrected chi connectivity index (χ3v) is 4.10. The minimum atomic E-state index is -0.230. The summed E-state index contributed by atoms with van der Waals surface area (Å²) >= 11 is 6.49. The first kappa shape index (κ1) is 13.3. The van der Waals surface area contributed by atoms with Crippen molar-refractivity contribution in [1.29, 1.82) is 0 Å². The Morgan fingerprint density at radius 1 is 1.10 bits per heavy atom. The van der Waals surface area contributed by atoms with Gasteiger partial charge in [-0.3, -0.25) is 4.79 Å². The Labute approximate surface area is 131 Å². The number of fused-ring (bicyclic) bond motifs is 1. The number of carbonyl (C=O) groups excluding carboxylic acids is 1. The number of carbonyl (C=O) groups is 1. The summed E-state index contributed by atoms with van der Waals surface area (Å²) in [5.41, 5.74) is 2.47. The smallest absolute Gasteiger partial charge is 0.275 e. The van der Waals surface area contributed by atoms with Gasteiger partial charge in [0.15, 0.2) is 0 Å². The van der Waals surface area contributed by atoms with Crippen LogP contribution in [0.15, 0.2) is 50.3 Å². The average Bonchev–Trinajstić information content (AvgIpc) is 2.73. The zero-order chi connectivity index (χ0) is 14.3. The zero-order valence-electron chi connectivity index (χ0n) is 10.0. The van der Waals surface area contributed by atoms with Gasteiger partial charge in [-0.1, -0.05) is 18.2 Å². The molecule has 2 aromatic rings. The van der Waals surface area contributed by atoms with Crippen LogP contribution in [0, 0.1) is 0 Å². The molecular formula is C14H8Br2N2O2. The van der Waals surface area contributed by atoms with Crippen LogP contribution in [0.2, 0.25) is 0 Å². The Balaban J connectivity index is 2.11. The van der Waals surface area contributed by atoms with Gasteiger partial charge in [0.2, 0.25) is 0 Å². The number of phenols is 1. The maximum absolute atomic E-state index is 12.0. The molecule has 2 N–H and O–H groups in total. The van der Waals surface area contributed by atoms with Gasteiger partial charge in [0, 0.05) is 5.56 Å². The van der Waals surface area contributed by atoms with E-state index >= 15 is 0 Å². The number of halogens is 2. The highest BCUT2D eigenvalue weighted by Gasteiger charge is 2.25. The topological polar surface area (TPSA) is 61.7 Å². The minimum absolute atomic E-state index is 0.102. The van der Waals surface area contributed by atoms with Crippen LogP contribution in [0.3, 0.4) is 0 Å². The predicted octanol–water partition coefficient (Wildman–Crippen LogP) is 3.99. The van der Waals surface area contributed by atoms with E-state index < -0.39 is 0 Å². The van der Waals surface area contributed by atoms with Crippen molar-refractivity contribution in [1.82, 2.24) is 0 Å². The number of amides is 1. The maximum atomic E-state index is 12.0. The number of rotatable bonds is 1. The first-order chi connectivity index (χ1) is 9.56. The summed E-state index contributed by atoms with van der Waals surface area (Å²) in [4.78, 5) is 16.3. The molecule has 0 unspecified atom stereocenters. The van der Waals surface area contributed by atoms with E-state index in [0.717, 1.165) is 11.3 Å². The summed E-state index contributed by atoms with van der Waals surface area (Å²) < 4.78 is 1.02. The Hall–Kier alpha value is -1.66. The highest BCUT2D eigenvalue weighted by atomic mass is 79.9. The van der Waals surface area contributed by atoms with Gasteiger partial charge >= 0.3 is 0 Å². The molecule has 2 aromatic carbocycles. The van der Waals surface area contributed by atoms with Gasteiger partial charge in [-0.25, -0.2) is 4.99 Å². The lowest BCUT2D eigenvalue weighted by atomic mass is 10.1. The summed E-state index contributed by atoms with van der Waals surface area (Å²) in [6.45, 7) is 0. The molecule has 100 valence electrons. The van der Waals surface area contributed by atoms with Crippen LogP contribution in [0.1, 0.15) is 5.56 Å². The molecule has 1 aliphatic heterocycles. The standard InChI is InChI=1S/C14H8Br2N2O2/c15-9-5-7(6-10(16)13(9)19)17-12-8-3-1-2-4-11(8)18-14(12)20/h1-6,19H,(H,17,18,20). The number of para-hydroxylation sites is 1. The summed E-state index contributed by atoms with van der Waals surface area (Å²) in [7, 11) is 0. The fraction of sp³-hybridized carbons (Fsp3) is 0. The molecule has 0 fully saturated rings. The molecular weight excluding hydrogens is 388 g/mol. The third kappa shape index (κ3) is 2.25. The quantitative estimate of drug-likeness (QED) is 0.766. The molecule has 0 saturated heterocycles. The molecule has 6 heteroatoms. The fourth-order valence-electron chi connectivity index (χ4n) is 1.96. The van der Waals surface area contributed by atoms with Gasteiger partial charge in [0.05, 0.1) is 20.3 Å². The molecule has 4 nitrogen and oxygen atoms in total. The van der Waals surface area contributed by atoms with Crippen molar-refractivity contribution in [3.8, 4) is 5.75 Å². The Kier molecular flexibility index (Phi) is 3.35. The van der Waals surface area contributed by atoms with E-state index in [1.165, 1.54) is 0 Å². The minimum Gasteiger partial charge on any atom is -0.506 e. The highest BCUT2D eigenvalue weighted by molar-refractivity contribution is 9.11. The van der Waals surface area contributed by atoms with Crippen LogP contribution >= 0.6 is 31.9 Å². The molecule has 0 atom stereocenters. The van der Waals surface area contributed by atoms with Crippen molar-refractivity contribution >= 4 is 54.9 Å². The van der Waals surface area contributed by atoms with Gasteiger partial charge < -0.3 is 10.4 Å². The second-order valence-corrected chi connectivity index (χ2v) is 5.93. The molecule has 1 amide bonds. The Bertz CT molecular complexity index is 734. The second-order valence-electron chi connectivity index (χ2n) is 4.22. The SMILES string of the molecule is O=C1Nc2ccccc2/C1=N/c1cc(Br)c(O)c(Br)c1. The van der Waals surface area contributed by atoms with Crippen molar-refractivity contribution < 1.29 is 9.90 Å². The molecule has 0 radical (unpaired) electrons. The first-order valence-electron chi connectivity index (χ1n) is 5.73. The van der Waals surface area contributed by atoms with E-state index in [1.807, 2.05) is 24.3 Å². The van der Waals surface area contributed by atoms with Crippen molar-refractivity contribution in [2.45, 2.75) is 0 Å². The lowest BCUT2D eigenvalue weighted by Gasteiger charge is -2.03. The number of nitrogens with one attached hydrogen (secondary N) is 1. The number of anilines is 1. The van der Waals surface area contributed by atoms with Crippen molar-refractivity contribution in [3.63, 3.8) is 0 Å². The largest absolute Gasteiger partial charge is 0.506 e. The number of aliphatic imine (C=N–C) groups is 1. The molecule has 0 saturated carbocycles. The number of aromatic hydroxyl groups is 1. The molecule has 20 heavy (non-hydrogen) atoms. The predicted molar refractivity (Wildman–Crippen MR) is 84.8 cm³/mol. The normalized spacial score (nSPS) is 15.3. The number of phenolic OH excluding ortho intramolecular Hbond substituents is 1. The van der Waals surface area contributed by atoms with Crippen LogP contribution in [0.4, 0.5) is 11.4 Å². The summed E-state index contributed by atoms with van der Waals surface area (Å²) in [5.74, 6) is -0.128. The maximum Gasteiger partial charge on any atom is 0.275 e. The Morgan fingerprint density at radius 3 is 2.45 bits per heavy atom. The van der Waals surface area contributed by atoms with Crippen LogP contribution < -0.4 is 5.32 Å². The van der Waals surface area contributed by atoms with E-state index in [0.29, 0.717) is 20.3 Å². The van der Waals surface area contributed by atoms with Crippen molar-refractivity contribution in [2.75, 3.05) is 5.32 Å². The van der Waals surface area contributed by atoms with Gasteiger partial charge in [-0.15, -0.1) is 0 Å². The van der Waals surface area contributed by atoms with Gasteiger partial charge in [0.25, 0.3) is 5.91 Å².